The zero-order valence-electron chi connectivity index (χ0n) is 14.0. The zero-order valence-corrected chi connectivity index (χ0v) is 14.0. The van der Waals surface area contributed by atoms with Crippen LogP contribution in [-0.4, -0.2) is 26.5 Å². The minimum absolute atomic E-state index is 0.121. The van der Waals surface area contributed by atoms with E-state index in [1.807, 2.05) is 6.07 Å². The quantitative estimate of drug-likeness (QED) is 0.789. The van der Waals surface area contributed by atoms with Crippen molar-refractivity contribution in [2.24, 2.45) is 5.92 Å². The highest BCUT2D eigenvalue weighted by Gasteiger charge is 2.43. The molecule has 24 heavy (non-hydrogen) atoms. The second-order valence-corrected chi connectivity index (χ2v) is 6.10. The van der Waals surface area contributed by atoms with Gasteiger partial charge in [-0.25, -0.2) is 0 Å². The van der Waals surface area contributed by atoms with Crippen molar-refractivity contribution in [1.29, 1.82) is 5.26 Å². The first-order valence-electron chi connectivity index (χ1n) is 8.20. The summed E-state index contributed by atoms with van der Waals surface area (Å²) in [6.07, 6.45) is 2.45. The van der Waals surface area contributed by atoms with Crippen LogP contribution in [0.4, 0.5) is 0 Å². The van der Waals surface area contributed by atoms with Gasteiger partial charge in [-0.3, -0.25) is 4.79 Å². The molecule has 0 aromatic heterocycles. The van der Waals surface area contributed by atoms with Gasteiger partial charge in [-0.2, -0.15) is 5.26 Å². The summed E-state index contributed by atoms with van der Waals surface area (Å²) < 4.78 is 21.5. The molecule has 0 amide bonds. The third kappa shape index (κ3) is 2.64. The van der Waals surface area contributed by atoms with Gasteiger partial charge in [-0.05, 0) is 44.7 Å². The molecule has 1 fully saturated rings. The lowest BCUT2D eigenvalue weighted by atomic mass is 9.67. The Balaban J connectivity index is 1.88. The lowest BCUT2D eigenvalue weighted by Gasteiger charge is -2.34. The zero-order chi connectivity index (χ0) is 17.2. The van der Waals surface area contributed by atoms with E-state index in [1.165, 1.54) is 0 Å². The van der Waals surface area contributed by atoms with Gasteiger partial charge in [0, 0.05) is 5.56 Å². The van der Waals surface area contributed by atoms with Gasteiger partial charge in [0.2, 0.25) is 12.5 Å². The van der Waals surface area contributed by atoms with Crippen LogP contribution >= 0.6 is 0 Å². The molecule has 2 aliphatic rings. The Morgan fingerprint density at radius 3 is 2.67 bits per heavy atom. The van der Waals surface area contributed by atoms with Gasteiger partial charge in [0.25, 0.3) is 0 Å². The van der Waals surface area contributed by atoms with E-state index in [2.05, 4.69) is 6.07 Å². The summed E-state index contributed by atoms with van der Waals surface area (Å²) in [5, 5.41) is 9.89. The molecule has 0 saturated heterocycles. The van der Waals surface area contributed by atoms with Gasteiger partial charge in [0.05, 0.1) is 31.1 Å². The number of hydrogen-bond acceptors (Lipinski definition) is 6. The van der Waals surface area contributed by atoms with Gasteiger partial charge in [0.15, 0.2) is 11.5 Å². The molecule has 1 aromatic carbocycles. The summed E-state index contributed by atoms with van der Waals surface area (Å²) in [7, 11) is 1.57. The fourth-order valence-corrected chi connectivity index (χ4v) is 3.56. The molecule has 1 aromatic rings. The van der Waals surface area contributed by atoms with E-state index < -0.39 is 5.41 Å². The normalized spacial score (nSPS) is 25.0. The van der Waals surface area contributed by atoms with Crippen molar-refractivity contribution in [2.75, 3.05) is 20.5 Å². The SMILES string of the molecule is CCOC(=O)[C@H]1CC[C@@](C#N)(c2ccc(OC)c3c2OCO3)CC1. The topological polar surface area (TPSA) is 77.8 Å². The number of ether oxygens (including phenoxy) is 4. The number of benzene rings is 1. The minimum Gasteiger partial charge on any atom is -0.493 e. The van der Waals surface area contributed by atoms with Crippen molar-refractivity contribution < 1.29 is 23.7 Å². The Morgan fingerprint density at radius 1 is 1.33 bits per heavy atom. The molecule has 0 spiro atoms. The first-order chi connectivity index (χ1) is 11.6. The van der Waals surface area contributed by atoms with Crippen LogP contribution in [0.15, 0.2) is 12.1 Å². The Kier molecular flexibility index (Phi) is 4.52. The van der Waals surface area contributed by atoms with Gasteiger partial charge in [-0.15, -0.1) is 0 Å². The minimum atomic E-state index is -0.674. The van der Waals surface area contributed by atoms with Crippen LogP contribution in [0.25, 0.3) is 0 Å². The molecule has 1 saturated carbocycles. The van der Waals surface area contributed by atoms with E-state index in [0.717, 1.165) is 5.56 Å². The highest BCUT2D eigenvalue weighted by molar-refractivity contribution is 5.72. The van der Waals surface area contributed by atoms with Crippen molar-refractivity contribution in [3.63, 3.8) is 0 Å². The smallest absolute Gasteiger partial charge is 0.308 e. The fourth-order valence-electron chi connectivity index (χ4n) is 3.56. The molecule has 1 heterocycles. The van der Waals surface area contributed by atoms with E-state index in [9.17, 15) is 10.1 Å². The summed E-state index contributed by atoms with van der Waals surface area (Å²) in [6.45, 7) is 2.31. The van der Waals surface area contributed by atoms with Crippen LogP contribution in [0, 0.1) is 17.2 Å². The number of fused-ring (bicyclic) bond motifs is 1. The summed E-state index contributed by atoms with van der Waals surface area (Å²) >= 11 is 0. The second-order valence-electron chi connectivity index (χ2n) is 6.10. The molecule has 3 rings (SSSR count). The monoisotopic (exact) mass is 331 g/mol. The molecule has 128 valence electrons. The molecule has 0 unspecified atom stereocenters. The van der Waals surface area contributed by atoms with E-state index >= 15 is 0 Å². The van der Waals surface area contributed by atoms with Crippen LogP contribution in [0.5, 0.6) is 17.2 Å². The van der Waals surface area contributed by atoms with Crippen molar-refractivity contribution in [3.8, 4) is 23.3 Å². The van der Waals surface area contributed by atoms with Crippen LogP contribution in [-0.2, 0) is 14.9 Å². The van der Waals surface area contributed by atoms with Crippen LogP contribution in [0.1, 0.15) is 38.2 Å². The number of nitriles is 1. The molecular weight excluding hydrogens is 310 g/mol. The van der Waals surface area contributed by atoms with Gasteiger partial charge >= 0.3 is 5.97 Å². The fraction of sp³-hybridized carbons (Fsp3) is 0.556. The van der Waals surface area contributed by atoms with E-state index in [-0.39, 0.29) is 18.7 Å². The largest absolute Gasteiger partial charge is 0.493 e. The molecule has 6 nitrogen and oxygen atoms in total. The number of hydrogen-bond donors (Lipinski definition) is 0. The summed E-state index contributed by atoms with van der Waals surface area (Å²) in [4.78, 5) is 11.9. The number of carbonyl (C=O) groups is 1. The molecule has 6 heteroatoms. The molecule has 0 atom stereocenters. The number of esters is 1. The second kappa shape index (κ2) is 6.60. The number of carbonyl (C=O) groups excluding carboxylic acids is 1. The average Bonchev–Trinajstić information content (AvgIpc) is 3.11. The Bertz CT molecular complexity index is 671. The molecule has 1 aliphatic carbocycles. The molecule has 0 radical (unpaired) electrons. The predicted molar refractivity (Wildman–Crippen MR) is 85.0 cm³/mol. The standard InChI is InChI=1S/C18H21NO5/c1-3-22-17(20)12-6-8-18(10-19,9-7-12)13-4-5-14(21-2)16-15(13)23-11-24-16/h4-5,12H,3,6-9,11H2,1-2H3/t12-,18+. The lowest BCUT2D eigenvalue weighted by molar-refractivity contribution is -0.149. The summed E-state index contributed by atoms with van der Waals surface area (Å²) in [5.74, 6) is 1.45. The maximum Gasteiger partial charge on any atom is 0.308 e. The maximum absolute atomic E-state index is 11.9. The predicted octanol–water partition coefficient (Wildman–Crippen LogP) is 2.94. The van der Waals surface area contributed by atoms with Gasteiger partial charge < -0.3 is 18.9 Å². The van der Waals surface area contributed by atoms with E-state index in [1.54, 1.807) is 20.1 Å². The van der Waals surface area contributed by atoms with Crippen molar-refractivity contribution >= 4 is 5.97 Å². The van der Waals surface area contributed by atoms with Crippen molar-refractivity contribution in [3.05, 3.63) is 17.7 Å². The molecular formula is C18H21NO5. The van der Waals surface area contributed by atoms with Gasteiger partial charge in [-0.1, -0.05) is 0 Å². The maximum atomic E-state index is 11.9. The molecule has 0 bridgehead atoms. The van der Waals surface area contributed by atoms with Crippen LogP contribution in [0.2, 0.25) is 0 Å². The highest BCUT2D eigenvalue weighted by Crippen LogP contribution is 2.51. The summed E-state index contributed by atoms with van der Waals surface area (Å²) in [5.41, 5.74) is 0.146. The van der Waals surface area contributed by atoms with E-state index in [4.69, 9.17) is 18.9 Å². The van der Waals surface area contributed by atoms with E-state index in [0.29, 0.717) is 49.5 Å². The van der Waals surface area contributed by atoms with Crippen molar-refractivity contribution in [1.82, 2.24) is 0 Å². The number of nitrogens with zero attached hydrogens (tertiary/aromatic N) is 1. The Morgan fingerprint density at radius 2 is 2.04 bits per heavy atom. The van der Waals surface area contributed by atoms with Crippen LogP contribution < -0.4 is 14.2 Å². The average molecular weight is 331 g/mol. The number of methoxy groups -OCH3 is 1. The third-order valence-electron chi connectivity index (χ3n) is 4.89. The molecule has 1 aliphatic heterocycles. The highest BCUT2D eigenvalue weighted by atomic mass is 16.7. The molecule has 0 N–H and O–H groups in total. The first kappa shape index (κ1) is 16.4. The van der Waals surface area contributed by atoms with Crippen LogP contribution in [0.3, 0.4) is 0 Å². The van der Waals surface area contributed by atoms with Crippen molar-refractivity contribution in [2.45, 2.75) is 38.0 Å². The first-order valence-corrected chi connectivity index (χ1v) is 8.20. The summed E-state index contributed by atoms with van der Waals surface area (Å²) in [6, 6.07) is 6.14. The van der Waals surface area contributed by atoms with Gasteiger partial charge in [0.1, 0.15) is 0 Å². The number of rotatable bonds is 4. The third-order valence-corrected chi connectivity index (χ3v) is 4.89. The lowest BCUT2D eigenvalue weighted by Crippen LogP contribution is -2.33. The Hall–Kier alpha value is -2.42. The Labute approximate surface area is 141 Å².